The van der Waals surface area contributed by atoms with Gasteiger partial charge in [0, 0.05) is 28.6 Å². The zero-order valence-electron chi connectivity index (χ0n) is 9.11. The topological polar surface area (TPSA) is 53.1 Å². The highest BCUT2D eigenvalue weighted by Gasteiger charge is 2.03. The molecule has 0 aliphatic carbocycles. The molecule has 0 spiro atoms. The van der Waals surface area contributed by atoms with E-state index in [2.05, 4.69) is 4.98 Å². The van der Waals surface area contributed by atoms with Gasteiger partial charge < -0.3 is 10.1 Å². The lowest BCUT2D eigenvalue weighted by molar-refractivity contribution is 0.467. The molecule has 1 aromatic carbocycles. The van der Waals surface area contributed by atoms with Crippen LogP contribution in [-0.2, 0) is 5.75 Å². The van der Waals surface area contributed by atoms with Crippen molar-refractivity contribution in [3.05, 3.63) is 57.2 Å². The van der Waals surface area contributed by atoms with Gasteiger partial charge in [0.05, 0.1) is 5.02 Å². The quantitative estimate of drug-likeness (QED) is 0.852. The largest absolute Gasteiger partial charge is 0.503 e. The van der Waals surface area contributed by atoms with E-state index < -0.39 is 11.2 Å². The van der Waals surface area contributed by atoms with Crippen molar-refractivity contribution in [1.29, 1.82) is 0 Å². The van der Waals surface area contributed by atoms with Crippen molar-refractivity contribution >= 4 is 23.4 Å². The molecular formula is C12H9ClFNO2S. The standard InChI is InChI=1S/C12H9ClFNO2S/c13-9-4-8(1-2-10(9)14)18-6-7-3-11(16)12(17)5-15-7/h1-5,17H,6H2,(H,15,16). The highest BCUT2D eigenvalue weighted by molar-refractivity contribution is 7.98. The average Bonchev–Trinajstić information content (AvgIpc) is 2.35. The molecule has 6 heteroatoms. The monoisotopic (exact) mass is 285 g/mol. The first-order valence-corrected chi connectivity index (χ1v) is 6.41. The van der Waals surface area contributed by atoms with Crippen molar-refractivity contribution in [2.24, 2.45) is 0 Å². The van der Waals surface area contributed by atoms with Crippen molar-refractivity contribution in [1.82, 2.24) is 4.98 Å². The normalized spacial score (nSPS) is 10.6. The Kier molecular flexibility index (Phi) is 3.93. The first-order chi connectivity index (χ1) is 8.56. The SMILES string of the molecule is O=c1cc(CSc2ccc(F)c(Cl)c2)[nH]cc1O. The third-order valence-corrected chi connectivity index (χ3v) is 3.57. The Morgan fingerprint density at radius 3 is 2.83 bits per heavy atom. The molecule has 18 heavy (non-hydrogen) atoms. The fourth-order valence-electron chi connectivity index (χ4n) is 1.32. The highest BCUT2D eigenvalue weighted by Crippen LogP contribution is 2.26. The number of thioether (sulfide) groups is 1. The minimum atomic E-state index is -0.459. The van der Waals surface area contributed by atoms with E-state index in [-0.39, 0.29) is 10.8 Å². The summed E-state index contributed by atoms with van der Waals surface area (Å²) in [4.78, 5) is 14.8. The second kappa shape index (κ2) is 5.46. The van der Waals surface area contributed by atoms with Crippen LogP contribution in [0.25, 0.3) is 0 Å². The van der Waals surface area contributed by atoms with Gasteiger partial charge in [-0.05, 0) is 18.2 Å². The maximum Gasteiger partial charge on any atom is 0.223 e. The second-order valence-corrected chi connectivity index (χ2v) is 5.03. The molecule has 2 N–H and O–H groups in total. The van der Waals surface area contributed by atoms with Crippen LogP contribution >= 0.6 is 23.4 Å². The fourth-order valence-corrected chi connectivity index (χ4v) is 2.42. The number of rotatable bonds is 3. The molecule has 0 aliphatic rings. The molecule has 0 radical (unpaired) electrons. The molecular weight excluding hydrogens is 277 g/mol. The Balaban J connectivity index is 2.09. The summed E-state index contributed by atoms with van der Waals surface area (Å²) in [5.41, 5.74) is 0.240. The van der Waals surface area contributed by atoms with Crippen molar-refractivity contribution < 1.29 is 9.50 Å². The number of aromatic amines is 1. The smallest absolute Gasteiger partial charge is 0.223 e. The summed E-state index contributed by atoms with van der Waals surface area (Å²) >= 11 is 7.07. The van der Waals surface area contributed by atoms with E-state index in [0.717, 1.165) is 4.90 Å². The number of H-pyrrole nitrogens is 1. The molecule has 3 nitrogen and oxygen atoms in total. The van der Waals surface area contributed by atoms with Crippen LogP contribution in [0.2, 0.25) is 5.02 Å². The molecule has 0 amide bonds. The van der Waals surface area contributed by atoms with E-state index in [1.807, 2.05) is 0 Å². The Bertz CT molecular complexity index is 630. The highest BCUT2D eigenvalue weighted by atomic mass is 35.5. The molecule has 0 fully saturated rings. The average molecular weight is 286 g/mol. The lowest BCUT2D eigenvalue weighted by Gasteiger charge is -2.03. The Labute approximate surface area is 112 Å². The van der Waals surface area contributed by atoms with Gasteiger partial charge in [0.15, 0.2) is 5.75 Å². The van der Waals surface area contributed by atoms with Crippen molar-refractivity contribution in [3.63, 3.8) is 0 Å². The predicted molar refractivity (Wildman–Crippen MR) is 69.7 cm³/mol. The predicted octanol–water partition coefficient (Wildman–Crippen LogP) is 3.17. The Morgan fingerprint density at radius 2 is 2.17 bits per heavy atom. The molecule has 2 aromatic rings. The fraction of sp³-hybridized carbons (Fsp3) is 0.0833. The summed E-state index contributed by atoms with van der Waals surface area (Å²) in [6.07, 6.45) is 1.25. The van der Waals surface area contributed by atoms with Gasteiger partial charge in [-0.1, -0.05) is 11.6 Å². The van der Waals surface area contributed by atoms with Gasteiger partial charge in [-0.3, -0.25) is 4.79 Å². The van der Waals surface area contributed by atoms with Gasteiger partial charge in [-0.15, -0.1) is 11.8 Å². The number of nitrogens with one attached hydrogen (secondary N) is 1. The number of pyridine rings is 1. The lowest BCUT2D eigenvalue weighted by Crippen LogP contribution is -2.01. The van der Waals surface area contributed by atoms with E-state index >= 15 is 0 Å². The Hall–Kier alpha value is -1.46. The van der Waals surface area contributed by atoms with E-state index in [1.54, 1.807) is 6.07 Å². The van der Waals surface area contributed by atoms with Gasteiger partial charge in [0.25, 0.3) is 0 Å². The number of hydrogen-bond donors (Lipinski definition) is 2. The van der Waals surface area contributed by atoms with Crippen LogP contribution in [0.4, 0.5) is 4.39 Å². The molecule has 0 saturated carbocycles. The lowest BCUT2D eigenvalue weighted by atomic mass is 10.3. The third-order valence-electron chi connectivity index (χ3n) is 2.24. The van der Waals surface area contributed by atoms with Crippen LogP contribution in [0.3, 0.4) is 0 Å². The summed E-state index contributed by atoms with van der Waals surface area (Å²) in [6.45, 7) is 0. The van der Waals surface area contributed by atoms with Crippen LogP contribution < -0.4 is 5.43 Å². The molecule has 0 saturated heterocycles. The number of aromatic nitrogens is 1. The molecule has 0 bridgehead atoms. The number of benzene rings is 1. The second-order valence-electron chi connectivity index (χ2n) is 3.57. The van der Waals surface area contributed by atoms with Crippen LogP contribution in [0.1, 0.15) is 5.69 Å². The summed E-state index contributed by atoms with van der Waals surface area (Å²) < 4.78 is 12.9. The summed E-state index contributed by atoms with van der Waals surface area (Å²) in [7, 11) is 0. The summed E-state index contributed by atoms with van der Waals surface area (Å²) in [5, 5.41) is 9.15. The van der Waals surface area contributed by atoms with Crippen LogP contribution in [0, 0.1) is 5.82 Å². The van der Waals surface area contributed by atoms with E-state index in [0.29, 0.717) is 11.4 Å². The third kappa shape index (κ3) is 3.05. The van der Waals surface area contributed by atoms with Crippen molar-refractivity contribution in [2.45, 2.75) is 10.6 Å². The maximum absolute atomic E-state index is 12.9. The van der Waals surface area contributed by atoms with Gasteiger partial charge >= 0.3 is 0 Å². The van der Waals surface area contributed by atoms with E-state index in [1.165, 1.54) is 36.2 Å². The molecule has 2 rings (SSSR count). The number of aromatic hydroxyl groups is 1. The maximum atomic E-state index is 12.9. The van der Waals surface area contributed by atoms with Gasteiger partial charge in [0.2, 0.25) is 5.43 Å². The minimum absolute atomic E-state index is 0.0687. The van der Waals surface area contributed by atoms with Gasteiger partial charge in [-0.25, -0.2) is 4.39 Å². The number of halogens is 2. The van der Waals surface area contributed by atoms with Crippen molar-refractivity contribution in [2.75, 3.05) is 0 Å². The molecule has 0 aliphatic heterocycles. The molecule has 0 unspecified atom stereocenters. The van der Waals surface area contributed by atoms with E-state index in [9.17, 15) is 9.18 Å². The number of hydrogen-bond acceptors (Lipinski definition) is 3. The van der Waals surface area contributed by atoms with E-state index in [4.69, 9.17) is 16.7 Å². The van der Waals surface area contributed by atoms with Gasteiger partial charge in [-0.2, -0.15) is 0 Å². The molecule has 0 atom stereocenters. The summed E-state index contributed by atoms with van der Waals surface area (Å²) in [6, 6.07) is 5.77. The zero-order chi connectivity index (χ0) is 13.1. The summed E-state index contributed by atoms with van der Waals surface area (Å²) in [5.74, 6) is -0.273. The molecule has 94 valence electrons. The molecule has 1 aromatic heterocycles. The zero-order valence-corrected chi connectivity index (χ0v) is 10.7. The van der Waals surface area contributed by atoms with Crippen LogP contribution in [0.5, 0.6) is 5.75 Å². The van der Waals surface area contributed by atoms with Crippen LogP contribution in [-0.4, -0.2) is 10.1 Å². The Morgan fingerprint density at radius 1 is 1.39 bits per heavy atom. The molecule has 1 heterocycles. The van der Waals surface area contributed by atoms with Gasteiger partial charge in [0.1, 0.15) is 5.82 Å². The first-order valence-electron chi connectivity index (χ1n) is 5.04. The minimum Gasteiger partial charge on any atom is -0.503 e. The van der Waals surface area contributed by atoms with Crippen molar-refractivity contribution in [3.8, 4) is 5.75 Å². The van der Waals surface area contributed by atoms with Crippen LogP contribution in [0.15, 0.2) is 40.2 Å². The first kappa shape index (κ1) is 13.0.